The summed E-state index contributed by atoms with van der Waals surface area (Å²) < 4.78 is 5.63. The van der Waals surface area contributed by atoms with Gasteiger partial charge >= 0.3 is 12.1 Å². The highest BCUT2D eigenvalue weighted by atomic mass is 16.5. The fourth-order valence-electron chi connectivity index (χ4n) is 5.78. The number of carboxylic acids is 1. The van der Waals surface area contributed by atoms with Crippen molar-refractivity contribution in [3.8, 4) is 11.1 Å². The van der Waals surface area contributed by atoms with Gasteiger partial charge in [-0.3, -0.25) is 9.59 Å². The summed E-state index contributed by atoms with van der Waals surface area (Å²) in [7, 11) is 0. The van der Waals surface area contributed by atoms with Crippen LogP contribution in [0.5, 0.6) is 0 Å². The minimum atomic E-state index is -0.785. The molecule has 34 heavy (non-hydrogen) atoms. The standard InChI is InChI=1S/C27H30N2O5/c1-27(2,13-23(30)29-12-11-20-21(14-29)24(20)25(31)32)28-26(33)34-15-22-18-9-5-3-7-16(18)17-8-4-6-10-19(17)22/h3-10,20-22,24H,11-15H2,1-2H3,(H,28,33)(H,31,32). The number of carbonyl (C=O) groups is 3. The van der Waals surface area contributed by atoms with Crippen molar-refractivity contribution < 1.29 is 24.2 Å². The molecular formula is C27H30N2O5. The molecule has 2 aromatic carbocycles. The first-order valence-corrected chi connectivity index (χ1v) is 11.9. The van der Waals surface area contributed by atoms with Crippen molar-refractivity contribution in [1.82, 2.24) is 10.2 Å². The second-order valence-electron chi connectivity index (χ2n) is 10.3. The molecule has 178 valence electrons. The molecule has 2 fully saturated rings. The van der Waals surface area contributed by atoms with Crippen LogP contribution in [0.15, 0.2) is 48.5 Å². The Kier molecular flexibility index (Phi) is 5.58. The molecule has 2 aliphatic carbocycles. The fourth-order valence-corrected chi connectivity index (χ4v) is 5.78. The molecule has 1 saturated heterocycles. The summed E-state index contributed by atoms with van der Waals surface area (Å²) in [5.74, 6) is -0.906. The van der Waals surface area contributed by atoms with Crippen LogP contribution in [0.2, 0.25) is 0 Å². The summed E-state index contributed by atoms with van der Waals surface area (Å²) in [6, 6.07) is 16.3. The lowest BCUT2D eigenvalue weighted by molar-refractivity contribution is -0.139. The zero-order chi connectivity index (χ0) is 24.0. The van der Waals surface area contributed by atoms with E-state index in [1.54, 1.807) is 18.7 Å². The van der Waals surface area contributed by atoms with E-state index >= 15 is 0 Å². The summed E-state index contributed by atoms with van der Waals surface area (Å²) in [5.41, 5.74) is 3.85. The maximum Gasteiger partial charge on any atom is 0.407 e. The minimum Gasteiger partial charge on any atom is -0.481 e. The van der Waals surface area contributed by atoms with E-state index in [-0.39, 0.29) is 42.6 Å². The molecule has 1 saturated carbocycles. The molecule has 0 bridgehead atoms. The number of ether oxygens (including phenoxy) is 1. The molecule has 2 amide bonds. The Hall–Kier alpha value is -3.35. The van der Waals surface area contributed by atoms with Gasteiger partial charge < -0.3 is 20.1 Å². The lowest BCUT2D eigenvalue weighted by Gasteiger charge is -2.31. The van der Waals surface area contributed by atoms with Crippen molar-refractivity contribution in [2.75, 3.05) is 19.7 Å². The van der Waals surface area contributed by atoms with Crippen LogP contribution in [-0.2, 0) is 14.3 Å². The van der Waals surface area contributed by atoms with Crippen molar-refractivity contribution in [1.29, 1.82) is 0 Å². The highest BCUT2D eigenvalue weighted by Crippen LogP contribution is 2.51. The third-order valence-corrected chi connectivity index (χ3v) is 7.51. The van der Waals surface area contributed by atoms with Gasteiger partial charge in [0.05, 0.1) is 5.92 Å². The molecule has 7 nitrogen and oxygen atoms in total. The number of carbonyl (C=O) groups excluding carboxylic acids is 2. The monoisotopic (exact) mass is 462 g/mol. The molecule has 1 aliphatic heterocycles. The molecule has 5 rings (SSSR count). The van der Waals surface area contributed by atoms with Gasteiger partial charge in [-0.25, -0.2) is 4.79 Å². The predicted octanol–water partition coefficient (Wildman–Crippen LogP) is 3.87. The summed E-state index contributed by atoms with van der Waals surface area (Å²) in [5, 5.41) is 12.1. The van der Waals surface area contributed by atoms with Crippen LogP contribution < -0.4 is 5.32 Å². The molecule has 0 aromatic heterocycles. The smallest absolute Gasteiger partial charge is 0.407 e. The molecule has 3 aliphatic rings. The van der Waals surface area contributed by atoms with E-state index in [4.69, 9.17) is 4.74 Å². The zero-order valence-corrected chi connectivity index (χ0v) is 19.5. The van der Waals surface area contributed by atoms with E-state index < -0.39 is 17.6 Å². The molecule has 1 heterocycles. The lowest BCUT2D eigenvalue weighted by Crippen LogP contribution is -2.49. The average molecular weight is 463 g/mol. The van der Waals surface area contributed by atoms with Crippen LogP contribution in [0.3, 0.4) is 0 Å². The third kappa shape index (κ3) is 4.15. The van der Waals surface area contributed by atoms with Gasteiger partial charge in [0.15, 0.2) is 0 Å². The number of nitrogens with one attached hydrogen (secondary N) is 1. The quantitative estimate of drug-likeness (QED) is 0.679. The van der Waals surface area contributed by atoms with E-state index in [1.807, 2.05) is 24.3 Å². The van der Waals surface area contributed by atoms with E-state index in [9.17, 15) is 19.5 Å². The maximum absolute atomic E-state index is 12.9. The Morgan fingerprint density at radius 3 is 2.26 bits per heavy atom. The number of carboxylic acid groups (broad SMARTS) is 1. The third-order valence-electron chi connectivity index (χ3n) is 7.51. The van der Waals surface area contributed by atoms with Crippen molar-refractivity contribution in [2.45, 2.75) is 38.1 Å². The molecular weight excluding hydrogens is 432 g/mol. The first kappa shape index (κ1) is 22.4. The number of hydrogen-bond acceptors (Lipinski definition) is 4. The molecule has 0 radical (unpaired) electrons. The van der Waals surface area contributed by atoms with Crippen LogP contribution in [-0.4, -0.2) is 53.2 Å². The molecule has 2 aromatic rings. The number of alkyl carbamates (subject to hydrolysis) is 1. The van der Waals surface area contributed by atoms with Gasteiger partial charge in [-0.05, 0) is 54.4 Å². The van der Waals surface area contributed by atoms with E-state index in [0.717, 1.165) is 17.5 Å². The van der Waals surface area contributed by atoms with Crippen molar-refractivity contribution in [2.24, 2.45) is 17.8 Å². The summed E-state index contributed by atoms with van der Waals surface area (Å²) >= 11 is 0. The van der Waals surface area contributed by atoms with E-state index in [0.29, 0.717) is 13.1 Å². The minimum absolute atomic E-state index is 0.0232. The van der Waals surface area contributed by atoms with Gasteiger partial charge in [-0.2, -0.15) is 0 Å². The number of fused-ring (bicyclic) bond motifs is 4. The number of nitrogens with zero attached hydrogens (tertiary/aromatic N) is 1. The number of rotatable bonds is 6. The highest BCUT2D eigenvalue weighted by Gasteiger charge is 2.57. The molecule has 0 spiro atoms. The normalized spacial score (nSPS) is 22.9. The number of piperidine rings is 1. The zero-order valence-electron chi connectivity index (χ0n) is 19.5. The van der Waals surface area contributed by atoms with Gasteiger partial charge in [0.1, 0.15) is 6.61 Å². The van der Waals surface area contributed by atoms with Gasteiger partial charge in [0.2, 0.25) is 5.91 Å². The second kappa shape index (κ2) is 8.46. The van der Waals surface area contributed by atoms with Crippen LogP contribution in [0, 0.1) is 17.8 Å². The Balaban J connectivity index is 1.16. The van der Waals surface area contributed by atoms with Crippen molar-refractivity contribution >= 4 is 18.0 Å². The Morgan fingerprint density at radius 1 is 1.03 bits per heavy atom. The molecule has 2 N–H and O–H groups in total. The van der Waals surface area contributed by atoms with E-state index in [2.05, 4.69) is 29.6 Å². The Morgan fingerprint density at radius 2 is 1.65 bits per heavy atom. The molecule has 3 unspecified atom stereocenters. The Labute approximate surface area is 199 Å². The van der Waals surface area contributed by atoms with Crippen LogP contribution in [0.25, 0.3) is 11.1 Å². The number of likely N-dealkylation sites (tertiary alicyclic amines) is 1. The first-order valence-electron chi connectivity index (χ1n) is 11.9. The number of benzene rings is 2. The number of aliphatic carboxylic acids is 1. The number of amides is 2. The van der Waals surface area contributed by atoms with Crippen LogP contribution >= 0.6 is 0 Å². The van der Waals surface area contributed by atoms with Gasteiger partial charge in [0, 0.05) is 31.0 Å². The summed E-state index contributed by atoms with van der Waals surface area (Å²) in [4.78, 5) is 38.5. The average Bonchev–Trinajstić information content (AvgIpc) is 3.44. The summed E-state index contributed by atoms with van der Waals surface area (Å²) in [6.45, 7) is 4.88. The Bertz CT molecular complexity index is 1100. The SMILES string of the molecule is CC(C)(CC(=O)N1CCC2C(C1)C2C(=O)O)NC(=O)OCC1c2ccccc2-c2ccccc21. The summed E-state index contributed by atoms with van der Waals surface area (Å²) in [6.07, 6.45) is 0.312. The number of hydrogen-bond donors (Lipinski definition) is 2. The fraction of sp³-hybridized carbons (Fsp3) is 0.444. The lowest BCUT2D eigenvalue weighted by atomic mass is 9.98. The van der Waals surface area contributed by atoms with Crippen LogP contribution in [0.4, 0.5) is 4.79 Å². The first-order chi connectivity index (χ1) is 16.2. The van der Waals surface area contributed by atoms with Gasteiger partial charge in [-0.1, -0.05) is 48.5 Å². The largest absolute Gasteiger partial charge is 0.481 e. The molecule has 3 atom stereocenters. The van der Waals surface area contributed by atoms with Gasteiger partial charge in [-0.15, -0.1) is 0 Å². The van der Waals surface area contributed by atoms with E-state index in [1.165, 1.54) is 11.1 Å². The maximum atomic E-state index is 12.9. The van der Waals surface area contributed by atoms with Crippen molar-refractivity contribution in [3.63, 3.8) is 0 Å². The predicted molar refractivity (Wildman–Crippen MR) is 126 cm³/mol. The van der Waals surface area contributed by atoms with Gasteiger partial charge in [0.25, 0.3) is 0 Å². The van der Waals surface area contributed by atoms with Crippen LogP contribution in [0.1, 0.15) is 43.7 Å². The molecule has 7 heteroatoms. The topological polar surface area (TPSA) is 95.9 Å². The second-order valence-corrected chi connectivity index (χ2v) is 10.3. The van der Waals surface area contributed by atoms with Crippen molar-refractivity contribution in [3.05, 3.63) is 59.7 Å². The highest BCUT2D eigenvalue weighted by molar-refractivity contribution is 5.81.